The molecule has 3 rings (SSSR count). The molecule has 5 nitrogen and oxygen atoms in total. The monoisotopic (exact) mass is 380 g/mol. The molecule has 1 unspecified atom stereocenters. The number of nitrogens with one attached hydrogen (secondary N) is 1. The first-order chi connectivity index (χ1) is 12.6. The van der Waals surface area contributed by atoms with Gasteiger partial charge in [0.2, 0.25) is 5.91 Å². The van der Waals surface area contributed by atoms with Crippen molar-refractivity contribution in [2.45, 2.75) is 51.6 Å². The molecule has 0 bridgehead atoms. The largest absolute Gasteiger partial charge is 0.444 e. The summed E-state index contributed by atoms with van der Waals surface area (Å²) in [5, 5.41) is 2.82. The van der Waals surface area contributed by atoms with Gasteiger partial charge in [-0.3, -0.25) is 4.79 Å². The maximum atomic E-state index is 13.7. The zero-order chi connectivity index (χ0) is 19.8. The van der Waals surface area contributed by atoms with Crippen molar-refractivity contribution in [1.82, 2.24) is 10.2 Å². The Kier molecular flexibility index (Phi) is 5.14. The predicted octanol–water partition coefficient (Wildman–Crippen LogP) is 3.59. The van der Waals surface area contributed by atoms with Gasteiger partial charge in [0.1, 0.15) is 17.2 Å². The molecule has 0 aliphatic carbocycles. The molecule has 1 aromatic carbocycles. The summed E-state index contributed by atoms with van der Waals surface area (Å²) >= 11 is 0. The second-order valence-corrected chi connectivity index (χ2v) is 8.57. The molecule has 2 aliphatic heterocycles. The van der Waals surface area contributed by atoms with E-state index in [0.717, 1.165) is 6.07 Å². The second-order valence-electron chi connectivity index (χ2n) is 8.57. The molecule has 1 N–H and O–H groups in total. The standard InChI is InChI=1S/C20H26F2N2O3/c1-19(2,3)27-18(26)24-6-4-20(5-7-24)11-17(25)23-12-16(20)13-8-14(21)10-15(22)9-13/h8-10,16H,4-7,11-12H2,1-3H3,(H,23,25). The average Bonchev–Trinajstić information content (AvgIpc) is 2.52. The number of amides is 2. The van der Waals surface area contributed by atoms with Gasteiger partial charge in [0.25, 0.3) is 0 Å². The molecule has 1 spiro atoms. The van der Waals surface area contributed by atoms with Gasteiger partial charge >= 0.3 is 6.09 Å². The molecular weight excluding hydrogens is 354 g/mol. The van der Waals surface area contributed by atoms with E-state index < -0.39 is 22.7 Å². The van der Waals surface area contributed by atoms with Crippen molar-refractivity contribution in [2.24, 2.45) is 5.41 Å². The van der Waals surface area contributed by atoms with Gasteiger partial charge in [0.15, 0.2) is 0 Å². The summed E-state index contributed by atoms with van der Waals surface area (Å²) in [6, 6.07) is 3.53. The molecule has 2 aliphatic rings. The first kappa shape index (κ1) is 19.6. The van der Waals surface area contributed by atoms with Gasteiger partial charge < -0.3 is 15.0 Å². The van der Waals surface area contributed by atoms with E-state index in [4.69, 9.17) is 4.74 Å². The lowest BCUT2D eigenvalue weighted by Gasteiger charge is -2.49. The van der Waals surface area contributed by atoms with Crippen molar-refractivity contribution in [3.63, 3.8) is 0 Å². The Bertz CT molecular complexity index is 717. The van der Waals surface area contributed by atoms with Gasteiger partial charge in [-0.15, -0.1) is 0 Å². The highest BCUT2D eigenvalue weighted by molar-refractivity contribution is 5.78. The Morgan fingerprint density at radius 3 is 2.33 bits per heavy atom. The zero-order valence-electron chi connectivity index (χ0n) is 16.0. The van der Waals surface area contributed by atoms with E-state index in [0.29, 0.717) is 38.0 Å². The molecule has 2 heterocycles. The molecule has 0 saturated carbocycles. The van der Waals surface area contributed by atoms with Crippen LogP contribution in [0.5, 0.6) is 0 Å². The van der Waals surface area contributed by atoms with Crippen molar-refractivity contribution in [3.05, 3.63) is 35.4 Å². The summed E-state index contributed by atoms with van der Waals surface area (Å²) in [5.74, 6) is -1.50. The summed E-state index contributed by atoms with van der Waals surface area (Å²) in [6.07, 6.45) is 1.09. The molecule has 2 amide bonds. The fraction of sp³-hybridized carbons (Fsp3) is 0.600. The number of ether oxygens (including phenoxy) is 1. The zero-order valence-corrected chi connectivity index (χ0v) is 16.0. The van der Waals surface area contributed by atoms with Gasteiger partial charge in [-0.1, -0.05) is 0 Å². The van der Waals surface area contributed by atoms with Gasteiger partial charge in [0.05, 0.1) is 0 Å². The van der Waals surface area contributed by atoms with Gasteiger partial charge in [-0.05, 0) is 56.7 Å². The number of piperidine rings is 2. The van der Waals surface area contributed by atoms with Crippen LogP contribution in [-0.4, -0.2) is 42.1 Å². The van der Waals surface area contributed by atoms with Crippen LogP contribution in [0, 0.1) is 17.0 Å². The van der Waals surface area contributed by atoms with Crippen LogP contribution in [0.3, 0.4) is 0 Å². The third-order valence-electron chi connectivity index (χ3n) is 5.45. The van der Waals surface area contributed by atoms with E-state index in [1.165, 1.54) is 12.1 Å². The minimum absolute atomic E-state index is 0.0613. The van der Waals surface area contributed by atoms with E-state index in [2.05, 4.69) is 5.32 Å². The van der Waals surface area contributed by atoms with Crippen LogP contribution in [-0.2, 0) is 9.53 Å². The highest BCUT2D eigenvalue weighted by Gasteiger charge is 2.47. The minimum atomic E-state index is -0.622. The fourth-order valence-electron chi connectivity index (χ4n) is 4.17. The molecule has 148 valence electrons. The van der Waals surface area contributed by atoms with Crippen molar-refractivity contribution in [2.75, 3.05) is 19.6 Å². The first-order valence-electron chi connectivity index (χ1n) is 9.29. The summed E-state index contributed by atoms with van der Waals surface area (Å²) < 4.78 is 32.9. The van der Waals surface area contributed by atoms with Crippen LogP contribution in [0.2, 0.25) is 0 Å². The number of nitrogens with zero attached hydrogens (tertiary/aromatic N) is 1. The topological polar surface area (TPSA) is 58.6 Å². The van der Waals surface area contributed by atoms with E-state index in [1.807, 2.05) is 20.8 Å². The quantitative estimate of drug-likeness (QED) is 0.810. The number of likely N-dealkylation sites (tertiary alicyclic amines) is 1. The molecule has 1 aromatic rings. The number of carbonyl (C=O) groups is 2. The van der Waals surface area contributed by atoms with Gasteiger partial charge in [-0.25, -0.2) is 13.6 Å². The predicted molar refractivity (Wildman–Crippen MR) is 96.2 cm³/mol. The van der Waals surface area contributed by atoms with Crippen LogP contribution >= 0.6 is 0 Å². The van der Waals surface area contributed by atoms with E-state index in [-0.39, 0.29) is 24.3 Å². The third-order valence-corrected chi connectivity index (χ3v) is 5.45. The number of rotatable bonds is 1. The summed E-state index contributed by atoms with van der Waals surface area (Å²) in [4.78, 5) is 26.0. The summed E-state index contributed by atoms with van der Waals surface area (Å²) in [6.45, 7) is 6.70. The maximum absolute atomic E-state index is 13.7. The molecule has 2 saturated heterocycles. The van der Waals surface area contributed by atoms with Gasteiger partial charge in [-0.2, -0.15) is 0 Å². The summed E-state index contributed by atoms with van der Waals surface area (Å²) in [5.41, 5.74) is -0.433. The van der Waals surface area contributed by atoms with Crippen LogP contribution in [0.4, 0.5) is 13.6 Å². The fourth-order valence-corrected chi connectivity index (χ4v) is 4.17. The molecule has 2 fully saturated rings. The molecular formula is C20H26F2N2O3. The second kappa shape index (κ2) is 7.09. The van der Waals surface area contributed by atoms with Crippen molar-refractivity contribution >= 4 is 12.0 Å². The Morgan fingerprint density at radius 2 is 1.78 bits per heavy atom. The highest BCUT2D eigenvalue weighted by Crippen LogP contribution is 2.49. The Balaban J connectivity index is 1.80. The van der Waals surface area contributed by atoms with Crippen LogP contribution in [0.15, 0.2) is 18.2 Å². The number of carbonyl (C=O) groups excluding carboxylic acids is 2. The Hall–Kier alpha value is -2.18. The van der Waals surface area contributed by atoms with Crippen LogP contribution in [0.25, 0.3) is 0 Å². The SMILES string of the molecule is CC(C)(C)OC(=O)N1CCC2(CC1)CC(=O)NCC2c1cc(F)cc(F)c1. The number of hydrogen-bond acceptors (Lipinski definition) is 3. The molecule has 27 heavy (non-hydrogen) atoms. The molecule has 7 heteroatoms. The third kappa shape index (κ3) is 4.39. The highest BCUT2D eigenvalue weighted by atomic mass is 19.1. The average molecular weight is 380 g/mol. The van der Waals surface area contributed by atoms with Crippen LogP contribution < -0.4 is 5.32 Å². The smallest absolute Gasteiger partial charge is 0.410 e. The molecule has 0 radical (unpaired) electrons. The van der Waals surface area contributed by atoms with Crippen molar-refractivity contribution in [3.8, 4) is 0 Å². The lowest BCUT2D eigenvalue weighted by atomic mass is 9.62. The normalized spacial score (nSPS) is 22.5. The number of hydrogen-bond donors (Lipinski definition) is 1. The Morgan fingerprint density at radius 1 is 1.19 bits per heavy atom. The minimum Gasteiger partial charge on any atom is -0.444 e. The lowest BCUT2D eigenvalue weighted by Crippen LogP contribution is -2.53. The van der Waals surface area contributed by atoms with Crippen LogP contribution in [0.1, 0.15) is 51.5 Å². The first-order valence-corrected chi connectivity index (χ1v) is 9.29. The molecule has 1 atom stereocenters. The van der Waals surface area contributed by atoms with E-state index in [9.17, 15) is 18.4 Å². The lowest BCUT2D eigenvalue weighted by molar-refractivity contribution is -0.128. The maximum Gasteiger partial charge on any atom is 0.410 e. The van der Waals surface area contributed by atoms with E-state index in [1.54, 1.807) is 4.90 Å². The Labute approximate surface area is 158 Å². The number of halogens is 2. The van der Waals surface area contributed by atoms with Gasteiger partial charge in [0, 0.05) is 38.0 Å². The molecule has 0 aromatic heterocycles. The van der Waals surface area contributed by atoms with Crippen molar-refractivity contribution in [1.29, 1.82) is 0 Å². The summed E-state index contributed by atoms with van der Waals surface area (Å²) in [7, 11) is 0. The number of benzene rings is 1. The van der Waals surface area contributed by atoms with Crippen molar-refractivity contribution < 1.29 is 23.1 Å². The van der Waals surface area contributed by atoms with E-state index >= 15 is 0 Å².